The van der Waals surface area contributed by atoms with Gasteiger partial charge in [0.25, 0.3) is 5.02 Å². The van der Waals surface area contributed by atoms with Crippen LogP contribution in [-0.2, 0) is 9.53 Å². The van der Waals surface area contributed by atoms with Crippen molar-refractivity contribution in [3.8, 4) is 0 Å². The average Bonchev–Trinajstić information content (AvgIpc) is 1.63. The minimum absolute atomic E-state index is 0.0735. The minimum Gasteiger partial charge on any atom is -0.431 e. The van der Waals surface area contributed by atoms with Gasteiger partial charge in [-0.3, -0.25) is 4.79 Å². The van der Waals surface area contributed by atoms with Crippen molar-refractivity contribution in [2.24, 2.45) is 0 Å². The molecular weight excluding hydrogens is 167 g/mol. The number of carbonyl (C=O) groups excluding carboxylic acids is 1. The smallest absolute Gasteiger partial charge is 0.310 e. The van der Waals surface area contributed by atoms with Gasteiger partial charge < -0.3 is 9.84 Å². The maximum Gasteiger partial charge on any atom is 0.310 e. The number of aliphatic hydroxyl groups is 1. The molecule has 0 amide bonds. The summed E-state index contributed by atoms with van der Waals surface area (Å²) in [5.41, 5.74) is 0. The monoisotopic (exact) mass is 172 g/mol. The van der Waals surface area contributed by atoms with Crippen LogP contribution in [-0.4, -0.2) is 22.7 Å². The molecule has 0 aliphatic rings. The predicted octanol–water partition coefficient (Wildman–Crippen LogP) is 0.673. The first-order valence-electron chi connectivity index (χ1n) is 2.25. The Morgan fingerprint density at radius 2 is 2.22 bits per heavy atom. The maximum absolute atomic E-state index is 10.3. The maximum atomic E-state index is 10.3. The molecule has 0 radical (unpaired) electrons. The zero-order valence-electron chi connectivity index (χ0n) is 4.51. The van der Waals surface area contributed by atoms with Crippen molar-refractivity contribution >= 4 is 29.2 Å². The van der Waals surface area contributed by atoms with E-state index in [0.29, 0.717) is 0 Å². The number of carbonyl (C=O) groups is 1. The Balaban J connectivity index is 3.27. The zero-order chi connectivity index (χ0) is 7.28. The molecule has 0 aromatic rings. The van der Waals surface area contributed by atoms with Gasteiger partial charge in [0.15, 0.2) is 0 Å². The van der Waals surface area contributed by atoms with E-state index in [4.69, 9.17) is 28.3 Å². The molecule has 0 heterocycles. The van der Waals surface area contributed by atoms with Crippen LogP contribution in [0.1, 0.15) is 6.42 Å². The Kier molecular flexibility index (Phi) is 4.85. The fraction of sp³-hybridized carbons (Fsp3) is 0.750. The number of hydrogen-bond acceptors (Lipinski definition) is 3. The van der Waals surface area contributed by atoms with Crippen molar-refractivity contribution in [2.45, 2.75) is 11.4 Å². The molecule has 0 bridgehead atoms. The molecule has 0 saturated heterocycles. The normalized spacial score (nSPS) is 9.78. The predicted molar refractivity (Wildman–Crippen MR) is 33.3 cm³/mol. The molecule has 0 fully saturated rings. The van der Waals surface area contributed by atoms with Gasteiger partial charge in [-0.25, -0.2) is 0 Å². The highest BCUT2D eigenvalue weighted by Gasteiger charge is 2.05. The van der Waals surface area contributed by atoms with Crippen molar-refractivity contribution < 1.29 is 14.6 Å². The summed E-state index contributed by atoms with van der Waals surface area (Å²) in [6.45, 7) is -0.251. The molecule has 0 rings (SSSR count). The highest BCUT2D eigenvalue weighted by molar-refractivity contribution is 6.43. The minimum atomic E-state index is -1.14. The topological polar surface area (TPSA) is 46.5 Å². The van der Waals surface area contributed by atoms with E-state index in [1.54, 1.807) is 0 Å². The van der Waals surface area contributed by atoms with Gasteiger partial charge in [0.05, 0.1) is 13.0 Å². The average molecular weight is 173 g/mol. The number of hydrogen-bond donors (Lipinski definition) is 1. The molecule has 5 heteroatoms. The van der Waals surface area contributed by atoms with Crippen LogP contribution in [0.15, 0.2) is 0 Å². The van der Waals surface area contributed by atoms with Crippen molar-refractivity contribution in [1.29, 1.82) is 0 Å². The quantitative estimate of drug-likeness (QED) is 0.504. The van der Waals surface area contributed by atoms with Gasteiger partial charge in [-0.1, -0.05) is 23.2 Å². The molecule has 0 unspecified atom stereocenters. The highest BCUT2D eigenvalue weighted by atomic mass is 35.5. The van der Waals surface area contributed by atoms with Crippen LogP contribution in [0.5, 0.6) is 0 Å². The van der Waals surface area contributed by atoms with Crippen LogP contribution in [0.2, 0.25) is 0 Å². The Bertz CT molecular complexity index is 93.8. The number of alkyl halides is 2. The summed E-state index contributed by atoms with van der Waals surface area (Å²) in [4.78, 5) is 10.3. The first-order chi connectivity index (χ1) is 4.16. The molecule has 0 aliphatic carbocycles. The summed E-state index contributed by atoms with van der Waals surface area (Å²) in [6.07, 6.45) is -0.0735. The first kappa shape index (κ1) is 9.01. The standard InChI is InChI=1S/C4H6Cl2O3/c5-4(6)9-3(8)1-2-7/h4,7H,1-2H2. The van der Waals surface area contributed by atoms with E-state index in [-0.39, 0.29) is 13.0 Å². The van der Waals surface area contributed by atoms with E-state index < -0.39 is 11.0 Å². The fourth-order valence-corrected chi connectivity index (χ4v) is 0.448. The molecule has 9 heavy (non-hydrogen) atoms. The third-order valence-corrected chi connectivity index (χ3v) is 0.715. The summed E-state index contributed by atoms with van der Waals surface area (Å²) in [5.74, 6) is -0.604. The van der Waals surface area contributed by atoms with E-state index in [0.717, 1.165) is 0 Å². The second kappa shape index (κ2) is 4.85. The molecule has 0 saturated carbocycles. The molecule has 0 aliphatic heterocycles. The Morgan fingerprint density at radius 3 is 2.56 bits per heavy atom. The van der Waals surface area contributed by atoms with E-state index in [2.05, 4.69) is 4.74 Å². The lowest BCUT2D eigenvalue weighted by molar-refractivity contribution is -0.143. The number of aliphatic hydroxyl groups excluding tert-OH is 1. The molecule has 0 atom stereocenters. The number of rotatable bonds is 3. The SMILES string of the molecule is O=C(CCO)OC(Cl)Cl. The molecular formula is C4H6Cl2O3. The second-order valence-electron chi connectivity index (χ2n) is 1.22. The highest BCUT2D eigenvalue weighted by Crippen LogP contribution is 2.03. The summed E-state index contributed by atoms with van der Waals surface area (Å²) in [6, 6.07) is 0. The Labute approximate surface area is 62.5 Å². The molecule has 54 valence electrons. The molecule has 1 N–H and O–H groups in total. The molecule has 0 spiro atoms. The zero-order valence-corrected chi connectivity index (χ0v) is 6.02. The van der Waals surface area contributed by atoms with E-state index in [1.165, 1.54) is 0 Å². The van der Waals surface area contributed by atoms with Crippen LogP contribution in [0.4, 0.5) is 0 Å². The van der Waals surface area contributed by atoms with Gasteiger partial charge >= 0.3 is 5.97 Å². The van der Waals surface area contributed by atoms with Crippen molar-refractivity contribution in [2.75, 3.05) is 6.61 Å². The van der Waals surface area contributed by atoms with Crippen molar-refractivity contribution in [3.05, 3.63) is 0 Å². The fourth-order valence-electron chi connectivity index (χ4n) is 0.250. The van der Waals surface area contributed by atoms with Crippen LogP contribution in [0, 0.1) is 0 Å². The van der Waals surface area contributed by atoms with E-state index in [9.17, 15) is 4.79 Å². The lowest BCUT2D eigenvalue weighted by atomic mass is 10.5. The third kappa shape index (κ3) is 5.89. The van der Waals surface area contributed by atoms with Crippen LogP contribution in [0.25, 0.3) is 0 Å². The van der Waals surface area contributed by atoms with Crippen LogP contribution < -0.4 is 0 Å². The van der Waals surface area contributed by atoms with Gasteiger partial charge in [0, 0.05) is 0 Å². The van der Waals surface area contributed by atoms with E-state index in [1.807, 2.05) is 0 Å². The second-order valence-corrected chi connectivity index (χ2v) is 2.24. The number of esters is 1. The van der Waals surface area contributed by atoms with Crippen LogP contribution >= 0.6 is 23.2 Å². The number of halogens is 2. The summed E-state index contributed by atoms with van der Waals surface area (Å²) in [5, 5.41) is 7.03. The lowest BCUT2D eigenvalue weighted by Crippen LogP contribution is -2.08. The largest absolute Gasteiger partial charge is 0.431 e. The third-order valence-electron chi connectivity index (χ3n) is 0.536. The van der Waals surface area contributed by atoms with Gasteiger partial charge in [0.2, 0.25) is 0 Å². The van der Waals surface area contributed by atoms with Gasteiger partial charge in [0.1, 0.15) is 0 Å². The van der Waals surface area contributed by atoms with Gasteiger partial charge in [-0.15, -0.1) is 0 Å². The summed E-state index contributed by atoms with van der Waals surface area (Å²) >= 11 is 10.1. The van der Waals surface area contributed by atoms with Crippen LogP contribution in [0.3, 0.4) is 0 Å². The number of ether oxygens (including phenoxy) is 1. The molecule has 0 aromatic carbocycles. The Morgan fingerprint density at radius 1 is 1.67 bits per heavy atom. The van der Waals surface area contributed by atoms with Crippen molar-refractivity contribution in [1.82, 2.24) is 0 Å². The summed E-state index contributed by atoms with van der Waals surface area (Å²) in [7, 11) is 0. The van der Waals surface area contributed by atoms with Crippen molar-refractivity contribution in [3.63, 3.8) is 0 Å². The van der Waals surface area contributed by atoms with Gasteiger partial charge in [-0.05, 0) is 0 Å². The Hall–Kier alpha value is 0.01000. The first-order valence-corrected chi connectivity index (χ1v) is 3.12. The lowest BCUT2D eigenvalue weighted by Gasteiger charge is -2.01. The summed E-state index contributed by atoms with van der Waals surface area (Å²) < 4.78 is 4.22. The van der Waals surface area contributed by atoms with Gasteiger partial charge in [-0.2, -0.15) is 0 Å². The molecule has 3 nitrogen and oxygen atoms in total. The molecule has 0 aromatic heterocycles. The van der Waals surface area contributed by atoms with E-state index >= 15 is 0 Å².